The average Bonchev–Trinajstić information content (AvgIpc) is 2.57. The van der Waals surface area contributed by atoms with Gasteiger partial charge < -0.3 is 15.5 Å². The van der Waals surface area contributed by atoms with E-state index < -0.39 is 0 Å². The zero-order valence-corrected chi connectivity index (χ0v) is 16.1. The van der Waals surface area contributed by atoms with Crippen LogP contribution in [0.1, 0.15) is 17.5 Å². The molecule has 0 bridgehead atoms. The summed E-state index contributed by atoms with van der Waals surface area (Å²) >= 11 is 0. The number of piperazine rings is 1. The monoisotopic (exact) mass is 368 g/mol. The van der Waals surface area contributed by atoms with Gasteiger partial charge in [-0.15, -0.1) is 12.4 Å². The minimum absolute atomic E-state index is 0. The summed E-state index contributed by atoms with van der Waals surface area (Å²) < 4.78 is 0. The van der Waals surface area contributed by atoms with E-state index in [1.807, 2.05) is 48.9 Å². The Morgan fingerprint density at radius 3 is 2.60 bits per heavy atom. The SMILES string of the molecule is Cc1cccc(NC(=O)CN(C)CCC(=O)N2CCNCC2)c1C.Cl. The molecule has 0 atom stereocenters. The number of hydrogen-bond donors (Lipinski definition) is 2. The molecule has 1 saturated heterocycles. The number of aryl methyl sites for hydroxylation is 1. The van der Waals surface area contributed by atoms with Crippen LogP contribution >= 0.6 is 12.4 Å². The van der Waals surface area contributed by atoms with Crippen LogP contribution in [0.3, 0.4) is 0 Å². The van der Waals surface area contributed by atoms with Crippen molar-refractivity contribution in [2.75, 3.05) is 51.6 Å². The Bertz CT molecular complexity index is 588. The smallest absolute Gasteiger partial charge is 0.238 e. The molecule has 6 nitrogen and oxygen atoms in total. The number of carbonyl (C=O) groups excluding carboxylic acids is 2. The topological polar surface area (TPSA) is 64.7 Å². The zero-order chi connectivity index (χ0) is 17.5. The average molecular weight is 369 g/mol. The van der Waals surface area contributed by atoms with Gasteiger partial charge in [0.15, 0.2) is 0 Å². The number of halogens is 1. The van der Waals surface area contributed by atoms with Gasteiger partial charge in [-0.1, -0.05) is 12.1 Å². The molecular weight excluding hydrogens is 340 g/mol. The minimum Gasteiger partial charge on any atom is -0.340 e. The number of hydrogen-bond acceptors (Lipinski definition) is 4. The summed E-state index contributed by atoms with van der Waals surface area (Å²) in [6.45, 7) is 8.16. The molecule has 2 rings (SSSR count). The van der Waals surface area contributed by atoms with Crippen molar-refractivity contribution in [1.82, 2.24) is 15.1 Å². The molecule has 1 aliphatic heterocycles. The second kappa shape index (κ2) is 10.4. The van der Waals surface area contributed by atoms with Crippen LogP contribution in [0.15, 0.2) is 18.2 Å². The molecule has 2 amide bonds. The highest BCUT2D eigenvalue weighted by atomic mass is 35.5. The van der Waals surface area contributed by atoms with Crippen molar-refractivity contribution in [2.45, 2.75) is 20.3 Å². The van der Waals surface area contributed by atoms with E-state index in [2.05, 4.69) is 10.6 Å². The fourth-order valence-electron chi connectivity index (χ4n) is 2.76. The van der Waals surface area contributed by atoms with Crippen LogP contribution < -0.4 is 10.6 Å². The lowest BCUT2D eigenvalue weighted by Gasteiger charge is -2.28. The van der Waals surface area contributed by atoms with E-state index in [0.29, 0.717) is 13.0 Å². The van der Waals surface area contributed by atoms with Crippen molar-refractivity contribution in [3.8, 4) is 0 Å². The molecule has 1 aliphatic rings. The number of amides is 2. The highest BCUT2D eigenvalue weighted by Gasteiger charge is 2.17. The summed E-state index contributed by atoms with van der Waals surface area (Å²) in [6, 6.07) is 5.88. The van der Waals surface area contributed by atoms with Gasteiger partial charge in [0, 0.05) is 44.8 Å². The third-order valence-corrected chi connectivity index (χ3v) is 4.47. The maximum atomic E-state index is 12.2. The first-order valence-electron chi connectivity index (χ1n) is 8.50. The summed E-state index contributed by atoms with van der Waals surface area (Å²) in [5, 5.41) is 6.18. The Balaban J connectivity index is 0.00000312. The van der Waals surface area contributed by atoms with Gasteiger partial charge >= 0.3 is 0 Å². The van der Waals surface area contributed by atoms with E-state index in [9.17, 15) is 9.59 Å². The van der Waals surface area contributed by atoms with Gasteiger partial charge in [0.2, 0.25) is 11.8 Å². The summed E-state index contributed by atoms with van der Waals surface area (Å²) in [5.74, 6) is 0.110. The van der Waals surface area contributed by atoms with Crippen LogP contribution in [-0.4, -0.2) is 67.9 Å². The third kappa shape index (κ3) is 6.65. The van der Waals surface area contributed by atoms with Gasteiger partial charge in [0.05, 0.1) is 6.54 Å². The Hall–Kier alpha value is -1.63. The molecule has 0 saturated carbocycles. The van der Waals surface area contributed by atoms with E-state index in [0.717, 1.165) is 43.0 Å². The molecule has 140 valence electrons. The Kier molecular flexibility index (Phi) is 8.89. The fourth-order valence-corrected chi connectivity index (χ4v) is 2.76. The van der Waals surface area contributed by atoms with E-state index in [1.54, 1.807) is 0 Å². The maximum Gasteiger partial charge on any atom is 0.238 e. The summed E-state index contributed by atoms with van der Waals surface area (Å²) in [6.07, 6.45) is 0.452. The molecule has 1 aromatic rings. The van der Waals surface area contributed by atoms with E-state index in [4.69, 9.17) is 0 Å². The second-order valence-corrected chi connectivity index (χ2v) is 6.41. The molecule has 0 unspecified atom stereocenters. The first-order valence-corrected chi connectivity index (χ1v) is 8.50. The molecule has 1 fully saturated rings. The van der Waals surface area contributed by atoms with Crippen LogP contribution in [0.25, 0.3) is 0 Å². The quantitative estimate of drug-likeness (QED) is 0.797. The molecule has 0 aromatic heterocycles. The molecule has 0 aliphatic carbocycles. The largest absolute Gasteiger partial charge is 0.340 e. The van der Waals surface area contributed by atoms with Gasteiger partial charge in [0.25, 0.3) is 0 Å². The normalized spacial score (nSPS) is 14.2. The lowest BCUT2D eigenvalue weighted by atomic mass is 10.1. The lowest BCUT2D eigenvalue weighted by Crippen LogP contribution is -2.47. The number of likely N-dealkylation sites (N-methyl/N-ethyl adjacent to an activating group) is 1. The van der Waals surface area contributed by atoms with Crippen LogP contribution in [-0.2, 0) is 9.59 Å². The van der Waals surface area contributed by atoms with Gasteiger partial charge in [-0.2, -0.15) is 0 Å². The predicted octanol–water partition coefficient (Wildman–Crippen LogP) is 1.42. The van der Waals surface area contributed by atoms with Crippen LogP contribution in [0.5, 0.6) is 0 Å². The minimum atomic E-state index is -0.0548. The van der Waals surface area contributed by atoms with E-state index >= 15 is 0 Å². The number of rotatable bonds is 6. The molecule has 0 radical (unpaired) electrons. The van der Waals surface area contributed by atoms with Gasteiger partial charge in [0.1, 0.15) is 0 Å². The number of nitrogens with one attached hydrogen (secondary N) is 2. The molecule has 25 heavy (non-hydrogen) atoms. The standard InChI is InChI=1S/C18H28N4O2.ClH/c1-14-5-4-6-16(15(14)2)20-17(23)13-21(3)10-7-18(24)22-11-8-19-9-12-22;/h4-6,19H,7-13H2,1-3H3,(H,20,23);1H. The van der Waals surface area contributed by atoms with Crippen molar-refractivity contribution in [3.63, 3.8) is 0 Å². The van der Waals surface area contributed by atoms with Crippen molar-refractivity contribution < 1.29 is 9.59 Å². The Morgan fingerprint density at radius 1 is 1.24 bits per heavy atom. The van der Waals surface area contributed by atoms with Crippen molar-refractivity contribution in [3.05, 3.63) is 29.3 Å². The highest BCUT2D eigenvalue weighted by Crippen LogP contribution is 2.17. The number of nitrogens with zero attached hydrogens (tertiary/aromatic N) is 2. The first-order chi connectivity index (χ1) is 11.5. The highest BCUT2D eigenvalue weighted by molar-refractivity contribution is 5.93. The van der Waals surface area contributed by atoms with E-state index in [-0.39, 0.29) is 30.8 Å². The molecule has 2 N–H and O–H groups in total. The van der Waals surface area contributed by atoms with E-state index in [1.165, 1.54) is 0 Å². The van der Waals surface area contributed by atoms with Gasteiger partial charge in [-0.05, 0) is 38.1 Å². The Labute approximate surface area is 156 Å². The fraction of sp³-hybridized carbons (Fsp3) is 0.556. The van der Waals surface area contributed by atoms with Crippen LogP contribution in [0.4, 0.5) is 5.69 Å². The van der Waals surface area contributed by atoms with Crippen molar-refractivity contribution >= 4 is 29.9 Å². The lowest BCUT2D eigenvalue weighted by molar-refractivity contribution is -0.132. The van der Waals surface area contributed by atoms with Crippen molar-refractivity contribution in [2.24, 2.45) is 0 Å². The Morgan fingerprint density at radius 2 is 1.92 bits per heavy atom. The van der Waals surface area contributed by atoms with Gasteiger partial charge in [-0.3, -0.25) is 14.5 Å². The zero-order valence-electron chi connectivity index (χ0n) is 15.3. The molecule has 7 heteroatoms. The molecule has 0 spiro atoms. The van der Waals surface area contributed by atoms with Crippen molar-refractivity contribution in [1.29, 1.82) is 0 Å². The first kappa shape index (κ1) is 21.4. The van der Waals surface area contributed by atoms with Gasteiger partial charge in [-0.25, -0.2) is 0 Å². The molecule has 1 aromatic carbocycles. The second-order valence-electron chi connectivity index (χ2n) is 6.41. The molecular formula is C18H29ClN4O2. The third-order valence-electron chi connectivity index (χ3n) is 4.47. The predicted molar refractivity (Wildman–Crippen MR) is 103 cm³/mol. The summed E-state index contributed by atoms with van der Waals surface area (Å²) in [5.41, 5.74) is 3.09. The summed E-state index contributed by atoms with van der Waals surface area (Å²) in [4.78, 5) is 28.1. The number of carbonyl (C=O) groups is 2. The number of benzene rings is 1. The molecule has 1 heterocycles. The number of anilines is 1. The summed E-state index contributed by atoms with van der Waals surface area (Å²) in [7, 11) is 1.87. The van der Waals surface area contributed by atoms with Crippen LogP contribution in [0.2, 0.25) is 0 Å². The van der Waals surface area contributed by atoms with Crippen LogP contribution in [0, 0.1) is 13.8 Å². The maximum absolute atomic E-state index is 12.2.